The maximum Gasteiger partial charge on any atom is 0.220 e. The van der Waals surface area contributed by atoms with Crippen LogP contribution in [0, 0.1) is 5.92 Å². The number of aromatic nitrogens is 2. The van der Waals surface area contributed by atoms with Gasteiger partial charge in [-0.05, 0) is 18.8 Å². The van der Waals surface area contributed by atoms with Gasteiger partial charge >= 0.3 is 0 Å². The second kappa shape index (κ2) is 7.28. The van der Waals surface area contributed by atoms with Crippen molar-refractivity contribution in [3.05, 3.63) is 18.2 Å². The van der Waals surface area contributed by atoms with Crippen LogP contribution >= 0.6 is 0 Å². The van der Waals surface area contributed by atoms with Gasteiger partial charge in [-0.1, -0.05) is 6.92 Å². The Morgan fingerprint density at radius 1 is 1.63 bits per heavy atom. The highest BCUT2D eigenvalue weighted by atomic mass is 16.5. The Labute approximate surface area is 114 Å². The van der Waals surface area contributed by atoms with Gasteiger partial charge in [-0.15, -0.1) is 0 Å². The Kier molecular flexibility index (Phi) is 5.39. The van der Waals surface area contributed by atoms with Crippen LogP contribution in [0.2, 0.25) is 0 Å². The molecule has 0 radical (unpaired) electrons. The van der Waals surface area contributed by atoms with Crippen LogP contribution in [0.1, 0.15) is 32.0 Å². The minimum Gasteiger partial charge on any atom is -0.381 e. The van der Waals surface area contributed by atoms with E-state index in [1.54, 1.807) is 0 Å². The standard InChI is InChI=1S/C14H23N3O2/c1-2-13-15-6-8-17(13)7-3-5-16-14(18)10-12-4-9-19-11-12/h6,8,12H,2-5,7,9-11H2,1H3,(H,16,18). The first-order valence-corrected chi connectivity index (χ1v) is 7.14. The zero-order valence-corrected chi connectivity index (χ0v) is 11.6. The summed E-state index contributed by atoms with van der Waals surface area (Å²) in [5, 5.41) is 2.98. The zero-order valence-electron chi connectivity index (χ0n) is 11.6. The first kappa shape index (κ1) is 14.1. The Morgan fingerprint density at radius 2 is 2.53 bits per heavy atom. The molecular weight excluding hydrogens is 242 g/mol. The lowest BCUT2D eigenvalue weighted by atomic mass is 10.1. The van der Waals surface area contributed by atoms with Crippen LogP contribution in [0.4, 0.5) is 0 Å². The fourth-order valence-electron chi connectivity index (χ4n) is 2.41. The summed E-state index contributed by atoms with van der Waals surface area (Å²) < 4.78 is 7.42. The van der Waals surface area contributed by atoms with Crippen molar-refractivity contribution in [1.82, 2.24) is 14.9 Å². The summed E-state index contributed by atoms with van der Waals surface area (Å²) in [6, 6.07) is 0. The largest absolute Gasteiger partial charge is 0.381 e. The number of amides is 1. The van der Waals surface area contributed by atoms with Gasteiger partial charge in [-0.2, -0.15) is 0 Å². The van der Waals surface area contributed by atoms with E-state index in [0.717, 1.165) is 51.4 Å². The Bertz CT molecular complexity index is 397. The summed E-state index contributed by atoms with van der Waals surface area (Å²) in [4.78, 5) is 16.0. The van der Waals surface area contributed by atoms with Gasteiger partial charge in [-0.25, -0.2) is 4.98 Å². The highest BCUT2D eigenvalue weighted by molar-refractivity contribution is 5.76. The predicted octanol–water partition coefficient (Wildman–Crippen LogP) is 1.38. The number of hydrogen-bond donors (Lipinski definition) is 1. The minimum absolute atomic E-state index is 0.150. The Morgan fingerprint density at radius 3 is 3.26 bits per heavy atom. The molecule has 0 spiro atoms. The summed E-state index contributed by atoms with van der Waals surface area (Å²) in [7, 11) is 0. The molecule has 106 valence electrons. The van der Waals surface area contributed by atoms with Crippen molar-refractivity contribution in [1.29, 1.82) is 0 Å². The zero-order chi connectivity index (χ0) is 13.5. The third kappa shape index (κ3) is 4.35. The molecule has 0 aromatic carbocycles. The molecule has 5 heteroatoms. The molecule has 0 saturated carbocycles. The van der Waals surface area contributed by atoms with Gasteiger partial charge in [0.05, 0.1) is 0 Å². The molecule has 0 aliphatic carbocycles. The molecule has 2 heterocycles. The van der Waals surface area contributed by atoms with E-state index in [1.807, 2.05) is 12.4 Å². The maximum absolute atomic E-state index is 11.7. The normalized spacial score (nSPS) is 18.7. The van der Waals surface area contributed by atoms with Crippen LogP contribution in [0.3, 0.4) is 0 Å². The highest BCUT2D eigenvalue weighted by Gasteiger charge is 2.18. The minimum atomic E-state index is 0.150. The lowest BCUT2D eigenvalue weighted by molar-refractivity contribution is -0.122. The lowest BCUT2D eigenvalue weighted by Gasteiger charge is -2.09. The molecule has 0 bridgehead atoms. The summed E-state index contributed by atoms with van der Waals surface area (Å²) >= 11 is 0. The second-order valence-electron chi connectivity index (χ2n) is 5.03. The van der Waals surface area contributed by atoms with Crippen LogP contribution in [0.15, 0.2) is 12.4 Å². The lowest BCUT2D eigenvalue weighted by Crippen LogP contribution is -2.27. The van der Waals surface area contributed by atoms with Crippen molar-refractivity contribution in [3.63, 3.8) is 0 Å². The maximum atomic E-state index is 11.7. The second-order valence-corrected chi connectivity index (χ2v) is 5.03. The highest BCUT2D eigenvalue weighted by Crippen LogP contribution is 2.15. The molecular formula is C14H23N3O2. The summed E-state index contributed by atoms with van der Waals surface area (Å²) in [6.45, 7) is 5.29. The summed E-state index contributed by atoms with van der Waals surface area (Å²) in [5.74, 6) is 1.67. The topological polar surface area (TPSA) is 56.2 Å². The average molecular weight is 265 g/mol. The molecule has 1 fully saturated rings. The molecule has 1 N–H and O–H groups in total. The molecule has 1 amide bonds. The quantitative estimate of drug-likeness (QED) is 0.758. The van der Waals surface area contributed by atoms with E-state index >= 15 is 0 Å². The van der Waals surface area contributed by atoms with Crippen molar-refractivity contribution >= 4 is 5.91 Å². The molecule has 1 saturated heterocycles. The van der Waals surface area contributed by atoms with Crippen LogP contribution < -0.4 is 5.32 Å². The Hall–Kier alpha value is -1.36. The van der Waals surface area contributed by atoms with E-state index < -0.39 is 0 Å². The molecule has 1 unspecified atom stereocenters. The van der Waals surface area contributed by atoms with Gasteiger partial charge in [0.2, 0.25) is 5.91 Å². The average Bonchev–Trinajstić information content (AvgIpc) is 3.05. The first-order chi connectivity index (χ1) is 9.29. The predicted molar refractivity (Wildman–Crippen MR) is 72.8 cm³/mol. The van der Waals surface area contributed by atoms with E-state index in [1.165, 1.54) is 0 Å². The fourth-order valence-corrected chi connectivity index (χ4v) is 2.41. The van der Waals surface area contributed by atoms with Crippen molar-refractivity contribution in [2.45, 2.75) is 39.2 Å². The number of ether oxygens (including phenoxy) is 1. The third-order valence-electron chi connectivity index (χ3n) is 3.51. The van der Waals surface area contributed by atoms with Gasteiger partial charge in [0.25, 0.3) is 0 Å². The van der Waals surface area contributed by atoms with Crippen LogP contribution in [0.5, 0.6) is 0 Å². The van der Waals surface area contributed by atoms with E-state index in [9.17, 15) is 4.79 Å². The molecule has 1 atom stereocenters. The summed E-state index contributed by atoms with van der Waals surface area (Å²) in [6.07, 6.45) is 7.33. The van der Waals surface area contributed by atoms with Crippen LogP contribution in [0.25, 0.3) is 0 Å². The van der Waals surface area contributed by atoms with Crippen molar-refractivity contribution in [2.24, 2.45) is 5.92 Å². The van der Waals surface area contributed by atoms with E-state index in [-0.39, 0.29) is 5.91 Å². The van der Waals surface area contributed by atoms with Gasteiger partial charge in [0, 0.05) is 51.5 Å². The number of aryl methyl sites for hydroxylation is 2. The molecule has 1 aliphatic rings. The number of nitrogens with zero attached hydrogens (tertiary/aromatic N) is 2. The van der Waals surface area contributed by atoms with Crippen molar-refractivity contribution < 1.29 is 9.53 Å². The van der Waals surface area contributed by atoms with Crippen molar-refractivity contribution in [3.8, 4) is 0 Å². The number of carbonyl (C=O) groups is 1. The molecule has 2 rings (SSSR count). The number of nitrogens with one attached hydrogen (secondary N) is 1. The van der Waals surface area contributed by atoms with E-state index in [0.29, 0.717) is 12.3 Å². The number of hydrogen-bond acceptors (Lipinski definition) is 3. The molecule has 1 aromatic rings. The van der Waals surface area contributed by atoms with Gasteiger partial charge < -0.3 is 14.6 Å². The molecule has 5 nitrogen and oxygen atoms in total. The van der Waals surface area contributed by atoms with Gasteiger partial charge in [0.15, 0.2) is 0 Å². The molecule has 19 heavy (non-hydrogen) atoms. The number of imidazole rings is 1. The van der Waals surface area contributed by atoms with Crippen molar-refractivity contribution in [2.75, 3.05) is 19.8 Å². The van der Waals surface area contributed by atoms with Gasteiger partial charge in [-0.3, -0.25) is 4.79 Å². The SMILES string of the molecule is CCc1nccn1CCCNC(=O)CC1CCOC1. The third-order valence-corrected chi connectivity index (χ3v) is 3.51. The van der Waals surface area contributed by atoms with Crippen LogP contribution in [-0.2, 0) is 22.5 Å². The molecule has 1 aliphatic heterocycles. The smallest absolute Gasteiger partial charge is 0.220 e. The first-order valence-electron chi connectivity index (χ1n) is 7.14. The van der Waals surface area contributed by atoms with E-state index in [4.69, 9.17) is 4.74 Å². The Balaban J connectivity index is 1.59. The fraction of sp³-hybridized carbons (Fsp3) is 0.714. The van der Waals surface area contributed by atoms with Crippen LogP contribution in [-0.4, -0.2) is 35.2 Å². The van der Waals surface area contributed by atoms with E-state index in [2.05, 4.69) is 21.8 Å². The monoisotopic (exact) mass is 265 g/mol. The number of carbonyl (C=O) groups excluding carboxylic acids is 1. The summed E-state index contributed by atoms with van der Waals surface area (Å²) in [5.41, 5.74) is 0. The molecule has 1 aromatic heterocycles. The number of rotatable bonds is 7. The van der Waals surface area contributed by atoms with Gasteiger partial charge in [0.1, 0.15) is 5.82 Å².